The molecule has 22 heavy (non-hydrogen) atoms. The minimum Gasteiger partial charge on any atom is -0.406 e. The highest BCUT2D eigenvalue weighted by atomic mass is 32.2. The van der Waals surface area contributed by atoms with Gasteiger partial charge in [0, 0.05) is 0 Å². The van der Waals surface area contributed by atoms with E-state index >= 15 is 0 Å². The van der Waals surface area contributed by atoms with Crippen molar-refractivity contribution < 1.29 is 26.3 Å². The molecule has 0 heterocycles. The normalized spacial score (nSPS) is 13.4. The zero-order valence-electron chi connectivity index (χ0n) is 11.7. The van der Waals surface area contributed by atoms with Gasteiger partial charge in [0.1, 0.15) is 11.8 Å². The van der Waals surface area contributed by atoms with Gasteiger partial charge in [-0.25, -0.2) is 8.42 Å². The number of nitrogens with one attached hydrogen (secondary N) is 1. The first-order valence-corrected chi connectivity index (χ1v) is 8.07. The van der Waals surface area contributed by atoms with Gasteiger partial charge in [0.05, 0.1) is 11.8 Å². The Balaban J connectivity index is 2.82. The molecule has 0 bridgehead atoms. The third kappa shape index (κ3) is 6.32. The van der Waals surface area contributed by atoms with Crippen LogP contribution in [0.5, 0.6) is 5.75 Å². The summed E-state index contributed by atoms with van der Waals surface area (Å²) in [5.41, 5.74) is 0.233. The van der Waals surface area contributed by atoms with E-state index in [0.29, 0.717) is 12.8 Å². The predicted octanol–water partition coefficient (Wildman–Crippen LogP) is 2.87. The maximum atomic E-state index is 12.0. The molecule has 0 amide bonds. The monoisotopic (exact) mass is 336 g/mol. The molecule has 1 N–H and O–H groups in total. The Morgan fingerprint density at radius 3 is 2.36 bits per heavy atom. The Labute approximate surface area is 126 Å². The number of nitrogens with zero attached hydrogens (tertiary/aromatic N) is 1. The summed E-state index contributed by atoms with van der Waals surface area (Å²) in [5.74, 6) is -0.557. The Kier molecular flexibility index (Phi) is 6.20. The van der Waals surface area contributed by atoms with Crippen LogP contribution in [0, 0.1) is 11.3 Å². The van der Waals surface area contributed by atoms with E-state index in [9.17, 15) is 21.6 Å². The van der Waals surface area contributed by atoms with Crippen LogP contribution in [-0.2, 0) is 10.0 Å². The number of alkyl halides is 3. The van der Waals surface area contributed by atoms with Crippen LogP contribution in [0.3, 0.4) is 0 Å². The van der Waals surface area contributed by atoms with E-state index in [0.717, 1.165) is 12.1 Å². The van der Waals surface area contributed by atoms with Crippen LogP contribution >= 0.6 is 0 Å². The highest BCUT2D eigenvalue weighted by Crippen LogP contribution is 2.24. The number of rotatable bonds is 7. The minimum absolute atomic E-state index is 0.114. The molecule has 0 aliphatic heterocycles. The van der Waals surface area contributed by atoms with Gasteiger partial charge in [-0.05, 0) is 24.1 Å². The van der Waals surface area contributed by atoms with E-state index in [1.807, 2.05) is 6.92 Å². The number of halogens is 3. The quantitative estimate of drug-likeness (QED) is 0.830. The summed E-state index contributed by atoms with van der Waals surface area (Å²) in [6, 6.07) is 5.05. The summed E-state index contributed by atoms with van der Waals surface area (Å²) in [5, 5.41) is 9.04. The molecule has 0 radical (unpaired) electrons. The minimum atomic E-state index is -4.81. The molecule has 1 aromatic carbocycles. The topological polar surface area (TPSA) is 79.2 Å². The Bertz CT molecular complexity index is 621. The maximum absolute atomic E-state index is 12.0. The summed E-state index contributed by atoms with van der Waals surface area (Å²) in [7, 11) is -3.63. The zero-order chi connectivity index (χ0) is 16.8. The van der Waals surface area contributed by atoms with Gasteiger partial charge in [-0.2, -0.15) is 9.98 Å². The van der Waals surface area contributed by atoms with Crippen molar-refractivity contribution in [1.82, 2.24) is 4.72 Å². The predicted molar refractivity (Wildman–Crippen MR) is 73.3 cm³/mol. The van der Waals surface area contributed by atoms with Crippen molar-refractivity contribution in [3.8, 4) is 11.8 Å². The van der Waals surface area contributed by atoms with E-state index in [1.54, 1.807) is 6.07 Å². The first kappa shape index (κ1) is 18.3. The van der Waals surface area contributed by atoms with Crippen LogP contribution in [0.1, 0.15) is 31.4 Å². The highest BCUT2D eigenvalue weighted by molar-refractivity contribution is 7.89. The number of hydrogen-bond acceptors (Lipinski definition) is 4. The fourth-order valence-electron chi connectivity index (χ4n) is 1.60. The lowest BCUT2D eigenvalue weighted by atomic mass is 10.1. The number of unbranched alkanes of at least 4 members (excludes halogenated alkanes) is 1. The molecule has 1 aromatic rings. The maximum Gasteiger partial charge on any atom is 0.573 e. The van der Waals surface area contributed by atoms with Crippen molar-refractivity contribution in [2.24, 2.45) is 0 Å². The number of ether oxygens (including phenoxy) is 1. The molecule has 0 aromatic heterocycles. The molecule has 1 atom stereocenters. The summed E-state index contributed by atoms with van der Waals surface area (Å²) >= 11 is 0. The SMILES string of the molecule is CCCCS(=O)(=O)NC(C#N)c1ccc(OC(F)(F)F)cc1. The molecule has 9 heteroatoms. The van der Waals surface area contributed by atoms with E-state index in [1.165, 1.54) is 12.1 Å². The lowest BCUT2D eigenvalue weighted by molar-refractivity contribution is -0.274. The smallest absolute Gasteiger partial charge is 0.406 e. The standard InChI is InChI=1S/C13H15F3N2O3S/c1-2-3-8-22(19,20)18-12(9-17)10-4-6-11(7-5-10)21-13(14,15)16/h4-7,12,18H,2-3,8H2,1H3. The van der Waals surface area contributed by atoms with Crippen molar-refractivity contribution in [2.75, 3.05) is 5.75 Å². The first-order valence-electron chi connectivity index (χ1n) is 6.42. The summed E-state index contributed by atoms with van der Waals surface area (Å²) in [6.07, 6.45) is -3.68. The second-order valence-electron chi connectivity index (χ2n) is 4.47. The molecule has 1 unspecified atom stereocenters. The molecular formula is C13H15F3N2O3S. The van der Waals surface area contributed by atoms with Crippen LogP contribution in [0.4, 0.5) is 13.2 Å². The third-order valence-electron chi connectivity index (χ3n) is 2.64. The van der Waals surface area contributed by atoms with Gasteiger partial charge in [0.25, 0.3) is 0 Å². The fraction of sp³-hybridized carbons (Fsp3) is 0.462. The molecule has 0 aliphatic rings. The van der Waals surface area contributed by atoms with Crippen molar-refractivity contribution >= 4 is 10.0 Å². The van der Waals surface area contributed by atoms with E-state index in [4.69, 9.17) is 5.26 Å². The molecule has 5 nitrogen and oxygen atoms in total. The average molecular weight is 336 g/mol. The largest absolute Gasteiger partial charge is 0.573 e. The lowest BCUT2D eigenvalue weighted by Crippen LogP contribution is -2.30. The molecule has 0 saturated heterocycles. The Morgan fingerprint density at radius 2 is 1.91 bits per heavy atom. The van der Waals surface area contributed by atoms with Gasteiger partial charge in [-0.3, -0.25) is 0 Å². The van der Waals surface area contributed by atoms with Crippen LogP contribution in [0.2, 0.25) is 0 Å². The molecule has 1 rings (SSSR count). The molecular weight excluding hydrogens is 321 g/mol. The second kappa shape index (κ2) is 7.47. The second-order valence-corrected chi connectivity index (χ2v) is 6.34. The van der Waals surface area contributed by atoms with Crippen molar-refractivity contribution in [1.29, 1.82) is 5.26 Å². The molecule has 0 fully saturated rings. The molecule has 0 spiro atoms. The first-order chi connectivity index (χ1) is 10.2. The van der Waals surface area contributed by atoms with Crippen LogP contribution < -0.4 is 9.46 Å². The number of hydrogen-bond donors (Lipinski definition) is 1. The van der Waals surface area contributed by atoms with Gasteiger partial charge in [-0.15, -0.1) is 13.2 Å². The van der Waals surface area contributed by atoms with Crippen LogP contribution in [0.15, 0.2) is 24.3 Å². The van der Waals surface area contributed by atoms with Crippen molar-refractivity contribution in [2.45, 2.75) is 32.2 Å². The molecule has 0 aliphatic carbocycles. The molecule has 0 saturated carbocycles. The van der Waals surface area contributed by atoms with Crippen LogP contribution in [-0.4, -0.2) is 20.5 Å². The van der Waals surface area contributed by atoms with Crippen molar-refractivity contribution in [3.05, 3.63) is 29.8 Å². The van der Waals surface area contributed by atoms with Gasteiger partial charge in [-0.1, -0.05) is 25.5 Å². The third-order valence-corrected chi connectivity index (χ3v) is 4.06. The number of nitriles is 1. The fourth-order valence-corrected chi connectivity index (χ4v) is 2.94. The van der Waals surface area contributed by atoms with Gasteiger partial charge >= 0.3 is 6.36 Å². The van der Waals surface area contributed by atoms with E-state index in [-0.39, 0.29) is 11.3 Å². The Morgan fingerprint density at radius 1 is 1.32 bits per heavy atom. The summed E-state index contributed by atoms with van der Waals surface area (Å²) in [4.78, 5) is 0. The number of sulfonamides is 1. The molecule has 122 valence electrons. The summed E-state index contributed by atoms with van der Waals surface area (Å²) in [6.45, 7) is 1.83. The van der Waals surface area contributed by atoms with Gasteiger partial charge in [0.2, 0.25) is 10.0 Å². The Hall–Kier alpha value is -1.79. The van der Waals surface area contributed by atoms with E-state index in [2.05, 4.69) is 9.46 Å². The number of benzene rings is 1. The highest BCUT2D eigenvalue weighted by Gasteiger charge is 2.31. The average Bonchev–Trinajstić information content (AvgIpc) is 2.42. The lowest BCUT2D eigenvalue weighted by Gasteiger charge is -2.13. The van der Waals surface area contributed by atoms with E-state index < -0.39 is 28.2 Å². The van der Waals surface area contributed by atoms with Crippen molar-refractivity contribution in [3.63, 3.8) is 0 Å². The zero-order valence-corrected chi connectivity index (χ0v) is 12.5. The van der Waals surface area contributed by atoms with Crippen LogP contribution in [0.25, 0.3) is 0 Å². The van der Waals surface area contributed by atoms with Gasteiger partial charge < -0.3 is 4.74 Å². The van der Waals surface area contributed by atoms with Gasteiger partial charge in [0.15, 0.2) is 0 Å². The summed E-state index contributed by atoms with van der Waals surface area (Å²) < 4.78 is 65.5.